The predicted octanol–water partition coefficient (Wildman–Crippen LogP) is 2.29. The van der Waals surface area contributed by atoms with E-state index in [1.54, 1.807) is 37.3 Å². The minimum atomic E-state index is -0.424. The maximum Gasteiger partial charge on any atom is 0.338 e. The third-order valence-electron chi connectivity index (χ3n) is 3.50. The fraction of sp³-hybridized carbons (Fsp3) is 0.167. The molecule has 0 saturated carbocycles. The van der Waals surface area contributed by atoms with Gasteiger partial charge in [-0.2, -0.15) is 4.80 Å². The van der Waals surface area contributed by atoms with Crippen molar-refractivity contribution in [2.45, 2.75) is 13.5 Å². The number of benzene rings is 2. The van der Waals surface area contributed by atoms with Crippen LogP contribution in [0.2, 0.25) is 0 Å². The van der Waals surface area contributed by atoms with Crippen molar-refractivity contribution in [2.24, 2.45) is 0 Å². The third kappa shape index (κ3) is 4.72. The van der Waals surface area contributed by atoms with Gasteiger partial charge in [-0.1, -0.05) is 12.1 Å². The third-order valence-corrected chi connectivity index (χ3v) is 3.50. The largest absolute Gasteiger partial charge is 0.462 e. The summed E-state index contributed by atoms with van der Waals surface area (Å²) in [5.74, 6) is -0.983. The summed E-state index contributed by atoms with van der Waals surface area (Å²) in [6.45, 7) is 1.85. The molecule has 0 fully saturated rings. The Bertz CT molecular complexity index is 956. The molecule has 0 aliphatic rings. The quantitative estimate of drug-likeness (QED) is 0.670. The van der Waals surface area contributed by atoms with Gasteiger partial charge in [-0.3, -0.25) is 4.79 Å². The molecule has 1 heterocycles. The van der Waals surface area contributed by atoms with Crippen molar-refractivity contribution in [3.63, 3.8) is 0 Å². The van der Waals surface area contributed by atoms with Gasteiger partial charge in [-0.05, 0) is 48.5 Å². The Kier molecular flexibility index (Phi) is 5.50. The van der Waals surface area contributed by atoms with Gasteiger partial charge in [0.15, 0.2) is 0 Å². The van der Waals surface area contributed by atoms with Gasteiger partial charge in [0.1, 0.15) is 12.4 Å². The highest BCUT2D eigenvalue weighted by Crippen LogP contribution is 2.14. The summed E-state index contributed by atoms with van der Waals surface area (Å²) in [5, 5.41) is 14.3. The number of amides is 1. The van der Waals surface area contributed by atoms with Gasteiger partial charge in [0.2, 0.25) is 11.7 Å². The number of carbonyl (C=O) groups excluding carboxylic acids is 2. The lowest BCUT2D eigenvalue weighted by atomic mass is 10.2. The first kappa shape index (κ1) is 18.2. The Morgan fingerprint density at radius 1 is 1.19 bits per heavy atom. The predicted molar refractivity (Wildman–Crippen MR) is 94.2 cm³/mol. The van der Waals surface area contributed by atoms with Crippen molar-refractivity contribution < 1.29 is 18.7 Å². The van der Waals surface area contributed by atoms with Crippen molar-refractivity contribution in [3.05, 3.63) is 59.9 Å². The molecule has 0 aliphatic heterocycles. The number of nitrogens with zero attached hydrogens (tertiary/aromatic N) is 4. The van der Waals surface area contributed by atoms with Crippen molar-refractivity contribution in [1.29, 1.82) is 0 Å². The van der Waals surface area contributed by atoms with Gasteiger partial charge in [0.25, 0.3) is 0 Å². The highest BCUT2D eigenvalue weighted by Gasteiger charge is 2.11. The number of tetrazole rings is 1. The van der Waals surface area contributed by atoms with Crippen LogP contribution in [0.25, 0.3) is 11.4 Å². The van der Waals surface area contributed by atoms with Crippen LogP contribution in [0.1, 0.15) is 17.3 Å². The van der Waals surface area contributed by atoms with Crippen molar-refractivity contribution in [3.8, 4) is 11.4 Å². The number of aromatic nitrogens is 4. The van der Waals surface area contributed by atoms with Crippen molar-refractivity contribution in [2.75, 3.05) is 11.9 Å². The Morgan fingerprint density at radius 3 is 2.67 bits per heavy atom. The van der Waals surface area contributed by atoms with E-state index in [-0.39, 0.29) is 18.3 Å². The van der Waals surface area contributed by atoms with E-state index in [9.17, 15) is 14.0 Å². The lowest BCUT2D eigenvalue weighted by Crippen LogP contribution is -2.20. The van der Waals surface area contributed by atoms with Crippen LogP contribution >= 0.6 is 0 Å². The first-order chi connectivity index (χ1) is 13.0. The summed E-state index contributed by atoms with van der Waals surface area (Å²) in [4.78, 5) is 24.8. The summed E-state index contributed by atoms with van der Waals surface area (Å²) >= 11 is 0. The van der Waals surface area contributed by atoms with Gasteiger partial charge < -0.3 is 10.1 Å². The molecule has 27 heavy (non-hydrogen) atoms. The first-order valence-corrected chi connectivity index (χ1v) is 8.16. The SMILES string of the molecule is CCOC(=O)c1ccc(NC(=O)Cn2nnc(-c3cccc(F)c3)n2)cc1. The zero-order valence-corrected chi connectivity index (χ0v) is 14.4. The second kappa shape index (κ2) is 8.17. The van der Waals surface area contributed by atoms with Gasteiger partial charge in [0, 0.05) is 11.3 Å². The summed E-state index contributed by atoms with van der Waals surface area (Å²) in [6, 6.07) is 12.1. The molecule has 0 unspecified atom stereocenters. The fourth-order valence-electron chi connectivity index (χ4n) is 2.29. The molecule has 0 atom stereocenters. The average Bonchev–Trinajstić information content (AvgIpc) is 3.11. The van der Waals surface area contributed by atoms with Gasteiger partial charge >= 0.3 is 5.97 Å². The molecule has 1 N–H and O–H groups in total. The summed E-state index contributed by atoms with van der Waals surface area (Å²) in [6.07, 6.45) is 0. The molecule has 1 amide bonds. The number of hydrogen-bond donors (Lipinski definition) is 1. The molecule has 138 valence electrons. The molecule has 8 nitrogen and oxygen atoms in total. The monoisotopic (exact) mass is 369 g/mol. The Balaban J connectivity index is 1.60. The van der Waals surface area contributed by atoms with Crippen molar-refractivity contribution >= 4 is 17.6 Å². The van der Waals surface area contributed by atoms with Crippen LogP contribution in [-0.2, 0) is 16.1 Å². The van der Waals surface area contributed by atoms with E-state index in [0.29, 0.717) is 23.4 Å². The van der Waals surface area contributed by atoms with Crippen LogP contribution in [0.15, 0.2) is 48.5 Å². The molecule has 1 aromatic heterocycles. The molecular weight excluding hydrogens is 353 g/mol. The Hall–Kier alpha value is -3.62. The molecule has 0 aliphatic carbocycles. The second-order valence-corrected chi connectivity index (χ2v) is 5.50. The lowest BCUT2D eigenvalue weighted by Gasteiger charge is -2.06. The number of nitrogens with one attached hydrogen (secondary N) is 1. The second-order valence-electron chi connectivity index (χ2n) is 5.50. The normalized spacial score (nSPS) is 10.4. The number of carbonyl (C=O) groups is 2. The topological polar surface area (TPSA) is 99.0 Å². The van der Waals surface area contributed by atoms with E-state index in [4.69, 9.17) is 4.74 Å². The zero-order valence-electron chi connectivity index (χ0n) is 14.4. The number of esters is 1. The van der Waals surface area contributed by atoms with E-state index in [1.807, 2.05) is 0 Å². The highest BCUT2D eigenvalue weighted by molar-refractivity contribution is 5.92. The van der Waals surface area contributed by atoms with E-state index in [0.717, 1.165) is 4.80 Å². The minimum Gasteiger partial charge on any atom is -0.462 e. The molecule has 0 radical (unpaired) electrons. The van der Waals surface area contributed by atoms with Gasteiger partial charge in [-0.15, -0.1) is 10.2 Å². The first-order valence-electron chi connectivity index (χ1n) is 8.16. The van der Waals surface area contributed by atoms with Crippen LogP contribution in [0, 0.1) is 5.82 Å². The molecular formula is C18H16FN5O3. The van der Waals surface area contributed by atoms with Crippen LogP contribution in [0.3, 0.4) is 0 Å². The number of halogens is 1. The van der Waals surface area contributed by atoms with E-state index >= 15 is 0 Å². The molecule has 0 spiro atoms. The van der Waals surface area contributed by atoms with Crippen LogP contribution in [0.4, 0.5) is 10.1 Å². The van der Waals surface area contributed by atoms with Gasteiger partial charge in [-0.25, -0.2) is 9.18 Å². The highest BCUT2D eigenvalue weighted by atomic mass is 19.1. The van der Waals surface area contributed by atoms with Gasteiger partial charge in [0.05, 0.1) is 12.2 Å². The minimum absolute atomic E-state index is 0.165. The number of hydrogen-bond acceptors (Lipinski definition) is 6. The van der Waals surface area contributed by atoms with E-state index in [1.165, 1.54) is 18.2 Å². The van der Waals surface area contributed by atoms with Crippen LogP contribution in [0.5, 0.6) is 0 Å². The number of ether oxygens (including phenoxy) is 1. The number of anilines is 1. The standard InChI is InChI=1S/C18H16FN5O3/c1-2-27-18(26)12-6-8-15(9-7-12)20-16(25)11-24-22-17(21-23-24)13-4-3-5-14(19)10-13/h3-10H,2,11H2,1H3,(H,20,25). The molecule has 9 heteroatoms. The maximum atomic E-state index is 13.3. The maximum absolute atomic E-state index is 13.3. The van der Waals surface area contributed by atoms with Crippen LogP contribution < -0.4 is 5.32 Å². The molecule has 0 bridgehead atoms. The Morgan fingerprint density at radius 2 is 1.96 bits per heavy atom. The summed E-state index contributed by atoms with van der Waals surface area (Å²) < 4.78 is 18.2. The van der Waals surface area contributed by atoms with Crippen molar-refractivity contribution in [1.82, 2.24) is 20.2 Å². The smallest absolute Gasteiger partial charge is 0.338 e. The lowest BCUT2D eigenvalue weighted by molar-refractivity contribution is -0.117. The average molecular weight is 369 g/mol. The fourth-order valence-corrected chi connectivity index (χ4v) is 2.29. The summed E-state index contributed by atoms with van der Waals surface area (Å²) in [7, 11) is 0. The molecule has 3 rings (SSSR count). The molecule has 3 aromatic rings. The zero-order chi connectivity index (χ0) is 19.2. The molecule has 2 aromatic carbocycles. The molecule has 0 saturated heterocycles. The van der Waals surface area contributed by atoms with E-state index < -0.39 is 11.8 Å². The Labute approximate surface area is 154 Å². The summed E-state index contributed by atoms with van der Waals surface area (Å²) in [5.41, 5.74) is 1.38. The number of rotatable bonds is 6. The van der Waals surface area contributed by atoms with E-state index in [2.05, 4.69) is 20.7 Å². The van der Waals surface area contributed by atoms with Crippen LogP contribution in [-0.4, -0.2) is 38.7 Å².